The second kappa shape index (κ2) is 3.08. The molecule has 0 spiro atoms. The number of hydrogen-bond donors (Lipinski definition) is 1. The van der Waals surface area contributed by atoms with E-state index in [2.05, 4.69) is 9.40 Å². The van der Waals surface area contributed by atoms with Crippen LogP contribution >= 0.6 is 0 Å². The van der Waals surface area contributed by atoms with Crippen molar-refractivity contribution >= 4 is 5.97 Å². The molecule has 0 saturated carbocycles. The molecule has 1 heterocycles. The molecule has 0 amide bonds. The number of carboxylic acids is 1. The number of hydrogen-bond acceptors (Lipinski definition) is 3. The lowest BCUT2D eigenvalue weighted by atomic mass is 10.2. The highest BCUT2D eigenvalue weighted by Crippen LogP contribution is 2.30. The van der Waals surface area contributed by atoms with Crippen molar-refractivity contribution in [3.8, 4) is 0 Å². The molecule has 72 valence electrons. The first kappa shape index (κ1) is 9.56. The van der Waals surface area contributed by atoms with E-state index in [4.69, 9.17) is 5.11 Å². The second-order valence-corrected chi connectivity index (χ2v) is 2.19. The van der Waals surface area contributed by atoms with Gasteiger partial charge >= 0.3 is 12.1 Å². The highest BCUT2D eigenvalue weighted by molar-refractivity contribution is 5.69. The highest BCUT2D eigenvalue weighted by Gasteiger charge is 2.37. The molecule has 0 aliphatic heterocycles. The first-order valence-corrected chi connectivity index (χ1v) is 3.12. The Morgan fingerprint density at radius 2 is 2.23 bits per heavy atom. The lowest BCUT2D eigenvalue weighted by Crippen LogP contribution is -2.11. The third-order valence-electron chi connectivity index (χ3n) is 1.22. The van der Waals surface area contributed by atoms with Gasteiger partial charge in [0.25, 0.3) is 0 Å². The highest BCUT2D eigenvalue weighted by atomic mass is 19.4. The van der Waals surface area contributed by atoms with Crippen molar-refractivity contribution in [3.63, 3.8) is 0 Å². The quantitative estimate of drug-likeness (QED) is 0.772. The van der Waals surface area contributed by atoms with E-state index in [0.717, 1.165) is 0 Å². The van der Waals surface area contributed by atoms with E-state index in [1.165, 1.54) is 0 Å². The van der Waals surface area contributed by atoms with Crippen LogP contribution in [0.25, 0.3) is 0 Å². The Labute approximate surface area is 70.0 Å². The van der Waals surface area contributed by atoms with Gasteiger partial charge in [0.15, 0.2) is 12.1 Å². The zero-order valence-electron chi connectivity index (χ0n) is 6.13. The van der Waals surface area contributed by atoms with Gasteiger partial charge in [-0.05, 0) is 0 Å². The van der Waals surface area contributed by atoms with Gasteiger partial charge in [-0.3, -0.25) is 4.79 Å². The maximum absolute atomic E-state index is 12.0. The first-order chi connectivity index (χ1) is 5.91. The minimum absolute atomic E-state index is 0.571. The molecule has 13 heavy (non-hydrogen) atoms. The Bertz CT molecular complexity index is 317. The topological polar surface area (TPSA) is 63.3 Å². The summed E-state index contributed by atoms with van der Waals surface area (Å²) in [6.07, 6.45) is -4.92. The van der Waals surface area contributed by atoms with Crippen LogP contribution in [0.4, 0.5) is 13.2 Å². The van der Waals surface area contributed by atoms with Gasteiger partial charge in [-0.1, -0.05) is 0 Å². The van der Waals surface area contributed by atoms with Crippen molar-refractivity contribution in [2.75, 3.05) is 0 Å². The fourth-order valence-corrected chi connectivity index (χ4v) is 0.765. The molecular formula is C6H4F3NO3. The minimum Gasteiger partial charge on any atom is -0.481 e. The number of oxazole rings is 1. The normalized spacial score (nSPS) is 11.6. The molecule has 0 fully saturated rings. The SMILES string of the molecule is O=C(O)Cc1ocnc1C(F)(F)F. The molecule has 0 saturated heterocycles. The van der Waals surface area contributed by atoms with Gasteiger partial charge in [0, 0.05) is 0 Å². The van der Waals surface area contributed by atoms with Crippen LogP contribution in [0.1, 0.15) is 11.5 Å². The Balaban J connectivity index is 2.96. The number of alkyl halides is 3. The predicted octanol–water partition coefficient (Wildman–Crippen LogP) is 1.32. The summed E-state index contributed by atoms with van der Waals surface area (Å²) in [6.45, 7) is 0. The van der Waals surface area contributed by atoms with Crippen LogP contribution in [0.5, 0.6) is 0 Å². The summed E-state index contributed by atoms with van der Waals surface area (Å²) >= 11 is 0. The first-order valence-electron chi connectivity index (χ1n) is 3.12. The summed E-state index contributed by atoms with van der Waals surface area (Å²) in [6, 6.07) is 0. The van der Waals surface area contributed by atoms with E-state index in [9.17, 15) is 18.0 Å². The summed E-state index contributed by atoms with van der Waals surface area (Å²) in [7, 11) is 0. The van der Waals surface area contributed by atoms with Crippen molar-refractivity contribution in [2.24, 2.45) is 0 Å². The Morgan fingerprint density at radius 1 is 1.62 bits per heavy atom. The summed E-state index contributed by atoms with van der Waals surface area (Å²) in [5.41, 5.74) is -1.28. The van der Waals surface area contributed by atoms with E-state index < -0.39 is 30.0 Å². The van der Waals surface area contributed by atoms with E-state index in [1.54, 1.807) is 0 Å². The average Bonchev–Trinajstić information content (AvgIpc) is 2.31. The monoisotopic (exact) mass is 195 g/mol. The molecule has 0 atom stereocenters. The number of carboxylic acid groups (broad SMARTS) is 1. The lowest BCUT2D eigenvalue weighted by molar-refractivity contribution is -0.143. The molecule has 1 rings (SSSR count). The maximum Gasteiger partial charge on any atom is 0.436 e. The fourth-order valence-electron chi connectivity index (χ4n) is 0.765. The molecule has 0 unspecified atom stereocenters. The molecule has 0 bridgehead atoms. The molecule has 0 radical (unpaired) electrons. The van der Waals surface area contributed by atoms with Gasteiger partial charge in [-0.15, -0.1) is 0 Å². The van der Waals surface area contributed by atoms with Crippen molar-refractivity contribution in [3.05, 3.63) is 17.8 Å². The van der Waals surface area contributed by atoms with Crippen molar-refractivity contribution in [1.29, 1.82) is 0 Å². The van der Waals surface area contributed by atoms with E-state index in [1.807, 2.05) is 0 Å². The van der Waals surface area contributed by atoms with Crippen LogP contribution in [0, 0.1) is 0 Å². The number of nitrogens with zero attached hydrogens (tertiary/aromatic N) is 1. The van der Waals surface area contributed by atoms with E-state index in [-0.39, 0.29) is 0 Å². The van der Waals surface area contributed by atoms with Crippen molar-refractivity contribution < 1.29 is 27.5 Å². The van der Waals surface area contributed by atoms with Gasteiger partial charge in [-0.25, -0.2) is 4.98 Å². The number of halogens is 3. The van der Waals surface area contributed by atoms with Gasteiger partial charge in [0.2, 0.25) is 0 Å². The summed E-state index contributed by atoms with van der Waals surface area (Å²) in [5, 5.41) is 8.22. The van der Waals surface area contributed by atoms with Gasteiger partial charge < -0.3 is 9.52 Å². The molecule has 4 nitrogen and oxygen atoms in total. The average molecular weight is 195 g/mol. The fraction of sp³-hybridized carbons (Fsp3) is 0.333. The Morgan fingerprint density at radius 3 is 2.69 bits per heavy atom. The van der Waals surface area contributed by atoms with Crippen LogP contribution in [0.15, 0.2) is 10.8 Å². The molecule has 0 aromatic carbocycles. The molecule has 1 aromatic rings. The van der Waals surface area contributed by atoms with Crippen LogP contribution in [-0.4, -0.2) is 16.1 Å². The third kappa shape index (κ3) is 2.20. The lowest BCUT2D eigenvalue weighted by Gasteiger charge is -2.02. The zero-order valence-corrected chi connectivity index (χ0v) is 6.13. The predicted molar refractivity (Wildman–Crippen MR) is 32.8 cm³/mol. The van der Waals surface area contributed by atoms with Gasteiger partial charge in [0.05, 0.1) is 0 Å². The Hall–Kier alpha value is -1.53. The van der Waals surface area contributed by atoms with Gasteiger partial charge in [-0.2, -0.15) is 13.2 Å². The van der Waals surface area contributed by atoms with E-state index >= 15 is 0 Å². The Kier molecular flexibility index (Phi) is 2.26. The zero-order chi connectivity index (χ0) is 10.1. The molecule has 7 heteroatoms. The summed E-state index contributed by atoms with van der Waals surface area (Å²) in [4.78, 5) is 13.0. The van der Waals surface area contributed by atoms with Crippen LogP contribution in [0.3, 0.4) is 0 Å². The summed E-state index contributed by atoms with van der Waals surface area (Å²) in [5.74, 6) is -2.08. The molecule has 0 aliphatic carbocycles. The minimum atomic E-state index is -4.67. The molecule has 1 N–H and O–H groups in total. The molecule has 1 aromatic heterocycles. The van der Waals surface area contributed by atoms with Gasteiger partial charge in [0.1, 0.15) is 12.2 Å². The van der Waals surface area contributed by atoms with Crippen LogP contribution in [-0.2, 0) is 17.4 Å². The van der Waals surface area contributed by atoms with E-state index in [0.29, 0.717) is 6.39 Å². The summed E-state index contributed by atoms with van der Waals surface area (Å²) < 4.78 is 40.3. The molecular weight excluding hydrogens is 191 g/mol. The third-order valence-corrected chi connectivity index (χ3v) is 1.22. The molecule has 0 aliphatic rings. The number of carbonyl (C=O) groups is 1. The number of aliphatic carboxylic acids is 1. The number of rotatable bonds is 2. The maximum atomic E-state index is 12.0. The standard InChI is InChI=1S/C6H4F3NO3/c7-6(8,9)5-3(1-4(11)12)13-2-10-5/h2H,1H2,(H,11,12). The number of aromatic nitrogens is 1. The van der Waals surface area contributed by atoms with Crippen LogP contribution in [0.2, 0.25) is 0 Å². The second-order valence-electron chi connectivity index (χ2n) is 2.19. The largest absolute Gasteiger partial charge is 0.481 e. The van der Waals surface area contributed by atoms with Crippen molar-refractivity contribution in [1.82, 2.24) is 4.98 Å². The van der Waals surface area contributed by atoms with Crippen molar-refractivity contribution in [2.45, 2.75) is 12.6 Å². The van der Waals surface area contributed by atoms with Crippen LogP contribution < -0.4 is 0 Å². The smallest absolute Gasteiger partial charge is 0.436 e.